The molecule has 0 spiro atoms. The molecule has 20 heavy (non-hydrogen) atoms. The Morgan fingerprint density at radius 3 is 2.45 bits per heavy atom. The van der Waals surface area contributed by atoms with Gasteiger partial charge in [-0.15, -0.1) is 0 Å². The minimum atomic E-state index is -0.590. The number of hydrogen-bond acceptors (Lipinski definition) is 4. The SMILES string of the molecule is CCOC(=O)CN(Cc1ccccc1)C(=O)[C@@H](N)CC. The van der Waals surface area contributed by atoms with Crippen molar-refractivity contribution in [1.82, 2.24) is 4.90 Å². The van der Waals surface area contributed by atoms with E-state index in [9.17, 15) is 9.59 Å². The number of rotatable bonds is 7. The zero-order valence-corrected chi connectivity index (χ0v) is 12.0. The van der Waals surface area contributed by atoms with E-state index in [1.807, 2.05) is 37.3 Å². The first-order valence-corrected chi connectivity index (χ1v) is 6.82. The van der Waals surface area contributed by atoms with E-state index < -0.39 is 12.0 Å². The monoisotopic (exact) mass is 278 g/mol. The van der Waals surface area contributed by atoms with Crippen LogP contribution in [0, 0.1) is 0 Å². The summed E-state index contributed by atoms with van der Waals surface area (Å²) < 4.78 is 4.90. The van der Waals surface area contributed by atoms with Gasteiger partial charge in [-0.2, -0.15) is 0 Å². The molecule has 0 heterocycles. The zero-order chi connectivity index (χ0) is 15.0. The maximum Gasteiger partial charge on any atom is 0.325 e. The largest absolute Gasteiger partial charge is 0.465 e. The first-order chi connectivity index (χ1) is 9.58. The van der Waals surface area contributed by atoms with Crippen molar-refractivity contribution in [3.63, 3.8) is 0 Å². The molecule has 1 aromatic rings. The summed E-state index contributed by atoms with van der Waals surface area (Å²) in [7, 11) is 0. The van der Waals surface area contributed by atoms with Gasteiger partial charge in [0.25, 0.3) is 0 Å². The molecule has 0 aliphatic rings. The smallest absolute Gasteiger partial charge is 0.325 e. The summed E-state index contributed by atoms with van der Waals surface area (Å²) in [6.07, 6.45) is 0.535. The molecule has 0 aliphatic heterocycles. The van der Waals surface area contributed by atoms with E-state index in [0.717, 1.165) is 5.56 Å². The van der Waals surface area contributed by atoms with Gasteiger partial charge in [0, 0.05) is 6.54 Å². The summed E-state index contributed by atoms with van der Waals surface area (Å²) in [6, 6.07) is 8.91. The van der Waals surface area contributed by atoms with Crippen molar-refractivity contribution >= 4 is 11.9 Å². The number of hydrogen-bond donors (Lipinski definition) is 1. The van der Waals surface area contributed by atoms with Gasteiger partial charge < -0.3 is 15.4 Å². The van der Waals surface area contributed by atoms with E-state index in [1.54, 1.807) is 6.92 Å². The standard InChI is InChI=1S/C15H22N2O3/c1-3-13(16)15(19)17(11-14(18)20-4-2)10-12-8-6-5-7-9-12/h5-9,13H,3-4,10-11,16H2,1-2H3/t13-/m0/s1. The van der Waals surface area contributed by atoms with Crippen LogP contribution in [0.2, 0.25) is 0 Å². The molecule has 0 bridgehead atoms. The third-order valence-electron chi connectivity index (χ3n) is 2.91. The van der Waals surface area contributed by atoms with Gasteiger partial charge in [-0.25, -0.2) is 0 Å². The fraction of sp³-hybridized carbons (Fsp3) is 0.467. The van der Waals surface area contributed by atoms with E-state index in [0.29, 0.717) is 19.6 Å². The van der Waals surface area contributed by atoms with Crippen LogP contribution < -0.4 is 5.73 Å². The Kier molecular flexibility index (Phi) is 6.73. The lowest BCUT2D eigenvalue weighted by molar-refractivity contribution is -0.149. The van der Waals surface area contributed by atoms with Gasteiger partial charge >= 0.3 is 5.97 Å². The molecule has 0 aliphatic carbocycles. The Bertz CT molecular complexity index is 434. The quantitative estimate of drug-likeness (QED) is 0.763. The molecular formula is C15H22N2O3. The predicted octanol–water partition coefficient (Wildman–Crippen LogP) is 1.32. The van der Waals surface area contributed by atoms with E-state index >= 15 is 0 Å². The fourth-order valence-corrected chi connectivity index (χ4v) is 1.79. The summed E-state index contributed by atoms with van der Waals surface area (Å²) in [5.74, 6) is -0.649. The van der Waals surface area contributed by atoms with Crippen LogP contribution in [0.25, 0.3) is 0 Å². The lowest BCUT2D eigenvalue weighted by Crippen LogP contribution is -2.45. The van der Waals surface area contributed by atoms with Gasteiger partial charge in [-0.3, -0.25) is 9.59 Å². The van der Waals surface area contributed by atoms with Crippen LogP contribution in [0.3, 0.4) is 0 Å². The van der Waals surface area contributed by atoms with Crippen LogP contribution in [-0.2, 0) is 20.9 Å². The van der Waals surface area contributed by atoms with Crippen molar-refractivity contribution in [3.05, 3.63) is 35.9 Å². The Balaban J connectivity index is 2.78. The average molecular weight is 278 g/mol. The molecule has 1 atom stereocenters. The van der Waals surface area contributed by atoms with Crippen LogP contribution in [0.4, 0.5) is 0 Å². The molecule has 110 valence electrons. The topological polar surface area (TPSA) is 72.6 Å². The van der Waals surface area contributed by atoms with Gasteiger partial charge in [0.15, 0.2) is 0 Å². The second-order valence-electron chi connectivity index (χ2n) is 4.50. The van der Waals surface area contributed by atoms with Crippen molar-refractivity contribution in [1.29, 1.82) is 0 Å². The van der Waals surface area contributed by atoms with Crippen LogP contribution in [0.5, 0.6) is 0 Å². The number of carbonyl (C=O) groups is 2. The van der Waals surface area contributed by atoms with Crippen molar-refractivity contribution in [2.24, 2.45) is 5.73 Å². The molecule has 1 aromatic carbocycles. The van der Waals surface area contributed by atoms with E-state index in [1.165, 1.54) is 4.90 Å². The fourth-order valence-electron chi connectivity index (χ4n) is 1.79. The summed E-state index contributed by atoms with van der Waals surface area (Å²) >= 11 is 0. The summed E-state index contributed by atoms with van der Waals surface area (Å²) in [5.41, 5.74) is 6.73. The lowest BCUT2D eigenvalue weighted by atomic mass is 10.1. The minimum absolute atomic E-state index is 0.0741. The molecule has 1 amide bonds. The Labute approximate surface area is 119 Å². The van der Waals surface area contributed by atoms with Crippen LogP contribution in [0.1, 0.15) is 25.8 Å². The van der Waals surface area contributed by atoms with E-state index in [4.69, 9.17) is 10.5 Å². The third kappa shape index (κ3) is 5.01. The van der Waals surface area contributed by atoms with Crippen molar-refractivity contribution < 1.29 is 14.3 Å². The summed E-state index contributed by atoms with van der Waals surface area (Å²) in [5, 5.41) is 0. The maximum atomic E-state index is 12.2. The van der Waals surface area contributed by atoms with Gasteiger partial charge in [-0.1, -0.05) is 37.3 Å². The molecular weight excluding hydrogens is 256 g/mol. The number of ether oxygens (including phenoxy) is 1. The van der Waals surface area contributed by atoms with E-state index in [2.05, 4.69) is 0 Å². The van der Waals surface area contributed by atoms with Crippen molar-refractivity contribution in [3.8, 4) is 0 Å². The number of esters is 1. The second-order valence-corrected chi connectivity index (χ2v) is 4.50. The first kappa shape index (κ1) is 16.2. The van der Waals surface area contributed by atoms with Gasteiger partial charge in [0.1, 0.15) is 6.54 Å². The molecule has 0 unspecified atom stereocenters. The molecule has 0 aromatic heterocycles. The van der Waals surface area contributed by atoms with Crippen LogP contribution in [0.15, 0.2) is 30.3 Å². The predicted molar refractivity (Wildman–Crippen MR) is 76.8 cm³/mol. The zero-order valence-electron chi connectivity index (χ0n) is 12.0. The molecule has 1 rings (SSSR count). The van der Waals surface area contributed by atoms with Crippen LogP contribution >= 0.6 is 0 Å². The molecule has 5 heteroatoms. The molecule has 0 saturated heterocycles. The normalized spacial score (nSPS) is 11.8. The number of carbonyl (C=O) groups excluding carboxylic acids is 2. The second kappa shape index (κ2) is 8.32. The molecule has 0 radical (unpaired) electrons. The number of amides is 1. The van der Waals surface area contributed by atoms with Crippen molar-refractivity contribution in [2.45, 2.75) is 32.9 Å². The van der Waals surface area contributed by atoms with Gasteiger partial charge in [0.05, 0.1) is 12.6 Å². The molecule has 0 fully saturated rings. The Morgan fingerprint density at radius 2 is 1.90 bits per heavy atom. The highest BCUT2D eigenvalue weighted by atomic mass is 16.5. The molecule has 5 nitrogen and oxygen atoms in total. The van der Waals surface area contributed by atoms with Crippen molar-refractivity contribution in [2.75, 3.05) is 13.2 Å². The Morgan fingerprint density at radius 1 is 1.25 bits per heavy atom. The first-order valence-electron chi connectivity index (χ1n) is 6.82. The third-order valence-corrected chi connectivity index (χ3v) is 2.91. The number of nitrogens with two attached hydrogens (primary N) is 1. The molecule has 2 N–H and O–H groups in total. The Hall–Kier alpha value is -1.88. The highest BCUT2D eigenvalue weighted by molar-refractivity contribution is 5.85. The maximum absolute atomic E-state index is 12.2. The summed E-state index contributed by atoms with van der Waals surface area (Å²) in [6.45, 7) is 4.15. The van der Waals surface area contributed by atoms with Crippen LogP contribution in [-0.4, -0.2) is 36.0 Å². The highest BCUT2D eigenvalue weighted by Crippen LogP contribution is 2.07. The average Bonchev–Trinajstić information content (AvgIpc) is 2.46. The lowest BCUT2D eigenvalue weighted by Gasteiger charge is -2.24. The van der Waals surface area contributed by atoms with Gasteiger partial charge in [0.2, 0.25) is 5.91 Å². The molecule has 0 saturated carbocycles. The van der Waals surface area contributed by atoms with Gasteiger partial charge in [-0.05, 0) is 18.9 Å². The minimum Gasteiger partial charge on any atom is -0.465 e. The number of benzene rings is 1. The number of nitrogens with zero attached hydrogens (tertiary/aromatic N) is 1. The highest BCUT2D eigenvalue weighted by Gasteiger charge is 2.22. The van der Waals surface area contributed by atoms with E-state index in [-0.39, 0.29) is 12.5 Å². The summed E-state index contributed by atoms with van der Waals surface area (Å²) in [4.78, 5) is 25.3.